The third-order valence-electron chi connectivity index (χ3n) is 5.63. The quantitative estimate of drug-likeness (QED) is 0.321. The fraction of sp³-hybridized carbons (Fsp3) is 0.308. The predicted molar refractivity (Wildman–Crippen MR) is 141 cm³/mol. The van der Waals surface area contributed by atoms with Gasteiger partial charge in [-0.2, -0.15) is 24.5 Å². The molecule has 0 aliphatic rings. The maximum Gasteiger partial charge on any atom is 0.487 e. The van der Waals surface area contributed by atoms with Crippen molar-refractivity contribution in [3.8, 4) is 16.9 Å². The molecule has 0 saturated heterocycles. The van der Waals surface area contributed by atoms with Crippen molar-refractivity contribution < 1.29 is 29.0 Å². The Labute approximate surface area is 202 Å². The third-order valence-corrected chi connectivity index (χ3v) is 8.04. The summed E-state index contributed by atoms with van der Waals surface area (Å²) in [6, 6.07) is 18.7. The van der Waals surface area contributed by atoms with Crippen LogP contribution in [-0.2, 0) is 10.8 Å². The van der Waals surface area contributed by atoms with Gasteiger partial charge in [0.05, 0.1) is 0 Å². The zero-order chi connectivity index (χ0) is 25.5. The Morgan fingerprint density at radius 1 is 0.588 bits per heavy atom. The van der Waals surface area contributed by atoms with Gasteiger partial charge in [-0.3, -0.25) is 4.52 Å². The fourth-order valence-electron chi connectivity index (χ4n) is 3.55. The minimum absolute atomic E-state index is 0.0496. The molecule has 0 amide bonds. The predicted octanol–water partition coefficient (Wildman–Crippen LogP) is 4.76. The summed E-state index contributed by atoms with van der Waals surface area (Å²) in [4.78, 5) is 50.0. The Morgan fingerprint density at radius 2 is 1.06 bits per heavy atom. The van der Waals surface area contributed by atoms with Crippen LogP contribution in [0.25, 0.3) is 11.1 Å². The first-order valence-corrected chi connectivity index (χ1v) is 14.2. The number of hydrogen-bond donors (Lipinski definition) is 5. The van der Waals surface area contributed by atoms with E-state index in [0.717, 1.165) is 22.3 Å². The van der Waals surface area contributed by atoms with Crippen LogP contribution in [0.15, 0.2) is 66.7 Å². The molecule has 0 aliphatic carbocycles. The second-order valence-corrected chi connectivity index (χ2v) is 13.9. The lowest BCUT2D eigenvalue weighted by Crippen LogP contribution is -2.20. The highest BCUT2D eigenvalue weighted by Crippen LogP contribution is 2.52. The number of benzene rings is 3. The van der Waals surface area contributed by atoms with Crippen molar-refractivity contribution in [3.05, 3.63) is 77.9 Å². The third kappa shape index (κ3) is 6.21. The Bertz CT molecular complexity index is 1140. The summed E-state index contributed by atoms with van der Waals surface area (Å²) in [5.74, 6) is 0.447. The summed E-state index contributed by atoms with van der Waals surface area (Å²) in [5.41, 5.74) is 3.30. The summed E-state index contributed by atoms with van der Waals surface area (Å²) in [7, 11) is -7.96. The maximum atomic E-state index is 10.9. The molecule has 182 valence electrons. The van der Waals surface area contributed by atoms with Gasteiger partial charge < -0.3 is 0 Å². The van der Waals surface area contributed by atoms with Gasteiger partial charge in [-0.1, -0.05) is 77.9 Å². The van der Waals surface area contributed by atoms with Crippen molar-refractivity contribution in [2.24, 2.45) is 0 Å². The van der Waals surface area contributed by atoms with Gasteiger partial charge in [0.2, 0.25) is 0 Å². The summed E-state index contributed by atoms with van der Waals surface area (Å²) >= 11 is 0. The molecule has 0 radical (unpaired) electrons. The highest BCUT2D eigenvalue weighted by molar-refractivity contribution is 7.68. The Kier molecular flexibility index (Phi) is 7.30. The lowest BCUT2D eigenvalue weighted by atomic mass is 9.80. The van der Waals surface area contributed by atoms with Crippen molar-refractivity contribution in [3.63, 3.8) is 0 Å². The summed E-state index contributed by atoms with van der Waals surface area (Å²) < 4.78 is 5.85. The van der Waals surface area contributed by atoms with Gasteiger partial charge >= 0.3 is 15.9 Å². The second kappa shape index (κ2) is 9.29. The van der Waals surface area contributed by atoms with Crippen molar-refractivity contribution in [2.75, 3.05) is 0 Å². The first kappa shape index (κ1) is 26.7. The van der Waals surface area contributed by atoms with Crippen LogP contribution < -0.4 is 15.1 Å². The minimum Gasteiger partial charge on any atom is -0.281 e. The van der Waals surface area contributed by atoms with Crippen LogP contribution in [-0.4, -0.2) is 24.5 Å². The number of hydrogen-bond acceptors (Lipinski definition) is 6. The molecular formula is C26H34O6P2+2. The van der Waals surface area contributed by atoms with Crippen LogP contribution in [0.5, 0.6) is 5.75 Å². The van der Waals surface area contributed by atoms with Crippen LogP contribution in [0.2, 0.25) is 0 Å². The highest BCUT2D eigenvalue weighted by atomic mass is 31.2. The van der Waals surface area contributed by atoms with Gasteiger partial charge in [-0.25, -0.2) is 0 Å². The van der Waals surface area contributed by atoms with E-state index in [0.29, 0.717) is 5.75 Å². The minimum atomic E-state index is -4.05. The molecule has 0 bridgehead atoms. The normalized spacial score (nSPS) is 13.1. The van der Waals surface area contributed by atoms with E-state index < -0.39 is 15.9 Å². The lowest BCUT2D eigenvalue weighted by molar-refractivity contribution is 0.346. The van der Waals surface area contributed by atoms with Crippen molar-refractivity contribution in [2.45, 2.75) is 52.4 Å². The first-order chi connectivity index (χ1) is 15.5. The van der Waals surface area contributed by atoms with E-state index in [4.69, 9.17) is 4.52 Å². The molecule has 3 rings (SSSR count). The maximum absolute atomic E-state index is 10.9. The van der Waals surface area contributed by atoms with Gasteiger partial charge in [-0.15, -0.1) is 0 Å². The summed E-state index contributed by atoms with van der Waals surface area (Å²) in [5, 5.41) is 0.336. The molecule has 5 N–H and O–H groups in total. The van der Waals surface area contributed by atoms with Crippen molar-refractivity contribution >= 4 is 26.5 Å². The molecule has 0 aromatic heterocycles. The van der Waals surface area contributed by atoms with Gasteiger partial charge in [0.25, 0.3) is 0 Å². The zero-order valence-electron chi connectivity index (χ0n) is 20.4. The monoisotopic (exact) mass is 504 g/mol. The standard InChI is InChI=1S/C26H34O6P2/c1-25(2,3)20-11-16-24(23(17-20)26(4,5)6)32-34(30,31)22-14-9-19(10-15-22)18-7-12-21(13-8-18)33(27,28)29/h7-17,27-31H,1-6H3/q+2. The molecule has 3 aromatic carbocycles. The summed E-state index contributed by atoms with van der Waals surface area (Å²) in [6.07, 6.45) is 0. The zero-order valence-corrected chi connectivity index (χ0v) is 22.2. The Balaban J connectivity index is 1.88. The molecule has 0 heterocycles. The van der Waals surface area contributed by atoms with Gasteiger partial charge in [0.15, 0.2) is 16.4 Å². The lowest BCUT2D eigenvalue weighted by Gasteiger charge is -2.27. The average molecular weight is 505 g/mol. The van der Waals surface area contributed by atoms with Crippen LogP contribution in [0, 0.1) is 0 Å². The van der Waals surface area contributed by atoms with Gasteiger partial charge in [0.1, 0.15) is 0 Å². The first-order valence-electron chi connectivity index (χ1n) is 11.0. The second-order valence-electron chi connectivity index (χ2n) is 10.5. The smallest absolute Gasteiger partial charge is 0.281 e. The SMILES string of the molecule is CC(C)(C)c1ccc(O[P+](O)(O)c2ccc(-c3ccc([P+](O)(O)O)cc3)cc2)c(C(C)(C)C)c1. The molecule has 0 atom stereocenters. The highest BCUT2D eigenvalue weighted by Gasteiger charge is 2.42. The molecule has 0 unspecified atom stereocenters. The molecule has 0 spiro atoms. The topological polar surface area (TPSA) is 110 Å². The average Bonchev–Trinajstić information content (AvgIpc) is 2.72. The van der Waals surface area contributed by atoms with E-state index in [9.17, 15) is 24.5 Å². The molecule has 8 heteroatoms. The molecule has 6 nitrogen and oxygen atoms in total. The molecule has 3 aromatic rings. The molecular weight excluding hydrogens is 470 g/mol. The Hall–Kier alpha value is -1.88. The van der Waals surface area contributed by atoms with E-state index in [2.05, 4.69) is 47.6 Å². The van der Waals surface area contributed by atoms with E-state index >= 15 is 0 Å². The molecule has 34 heavy (non-hydrogen) atoms. The number of rotatable bonds is 5. The largest absolute Gasteiger partial charge is 0.487 e. The van der Waals surface area contributed by atoms with Gasteiger partial charge in [-0.05, 0) is 57.9 Å². The van der Waals surface area contributed by atoms with Crippen molar-refractivity contribution in [1.29, 1.82) is 0 Å². The van der Waals surface area contributed by atoms with Gasteiger partial charge in [0, 0.05) is 5.56 Å². The van der Waals surface area contributed by atoms with Crippen LogP contribution in [0.3, 0.4) is 0 Å². The van der Waals surface area contributed by atoms with Crippen molar-refractivity contribution in [1.82, 2.24) is 0 Å². The molecule has 0 fully saturated rings. The van der Waals surface area contributed by atoms with E-state index in [1.807, 2.05) is 12.1 Å². The molecule has 0 saturated carbocycles. The fourth-order valence-corrected chi connectivity index (χ4v) is 5.18. The van der Waals surface area contributed by atoms with Crippen LogP contribution >= 0.6 is 15.9 Å². The van der Waals surface area contributed by atoms with Crippen LogP contribution in [0.1, 0.15) is 52.7 Å². The Morgan fingerprint density at radius 3 is 1.47 bits per heavy atom. The molecule has 0 aliphatic heterocycles. The van der Waals surface area contributed by atoms with E-state index in [1.54, 1.807) is 36.4 Å². The van der Waals surface area contributed by atoms with Crippen LogP contribution in [0.4, 0.5) is 0 Å². The van der Waals surface area contributed by atoms with E-state index in [1.165, 1.54) is 12.1 Å². The van der Waals surface area contributed by atoms with E-state index in [-0.39, 0.29) is 21.4 Å². The summed E-state index contributed by atoms with van der Waals surface area (Å²) in [6.45, 7) is 12.6.